The van der Waals surface area contributed by atoms with Gasteiger partial charge in [0, 0.05) is 47.5 Å². The molecular formula is C24H29Cl2N3O2S2. The number of thioether (sulfide) groups is 1. The largest absolute Gasteiger partial charge is 0.353 e. The summed E-state index contributed by atoms with van der Waals surface area (Å²) >= 11 is 15.1. The molecular weight excluding hydrogens is 497 g/mol. The van der Waals surface area contributed by atoms with E-state index in [-0.39, 0.29) is 9.86 Å². The van der Waals surface area contributed by atoms with Gasteiger partial charge in [-0.15, -0.1) is 4.91 Å². The van der Waals surface area contributed by atoms with Gasteiger partial charge in [0.15, 0.2) is 5.12 Å². The van der Waals surface area contributed by atoms with Crippen molar-refractivity contribution in [3.05, 3.63) is 63.0 Å². The number of nitrogens with one attached hydrogen (secondary N) is 1. The summed E-state index contributed by atoms with van der Waals surface area (Å²) < 4.78 is 3.07. The average Bonchev–Trinajstić information content (AvgIpc) is 2.78. The summed E-state index contributed by atoms with van der Waals surface area (Å²) in [7, 11) is 2.05. The zero-order chi connectivity index (χ0) is 23.7. The van der Waals surface area contributed by atoms with E-state index in [1.165, 1.54) is 30.1 Å². The van der Waals surface area contributed by atoms with Gasteiger partial charge in [0.2, 0.25) is 0 Å². The molecule has 0 radical (unpaired) electrons. The van der Waals surface area contributed by atoms with Crippen molar-refractivity contribution in [3.63, 3.8) is 0 Å². The minimum absolute atomic E-state index is 0.0754. The van der Waals surface area contributed by atoms with Crippen molar-refractivity contribution in [3.8, 4) is 0 Å². The van der Waals surface area contributed by atoms with Crippen molar-refractivity contribution < 1.29 is 4.79 Å². The van der Waals surface area contributed by atoms with Gasteiger partial charge >= 0.3 is 0 Å². The highest BCUT2D eigenvalue weighted by Crippen LogP contribution is 2.41. The lowest BCUT2D eigenvalue weighted by atomic mass is 9.88. The minimum atomic E-state index is -0.0754. The van der Waals surface area contributed by atoms with E-state index in [2.05, 4.69) is 21.8 Å². The molecule has 1 saturated carbocycles. The van der Waals surface area contributed by atoms with E-state index in [0.717, 1.165) is 50.0 Å². The third-order valence-electron chi connectivity index (χ3n) is 5.86. The maximum atomic E-state index is 12.7. The molecule has 5 nitrogen and oxygen atoms in total. The van der Waals surface area contributed by atoms with Crippen LogP contribution in [0.3, 0.4) is 0 Å². The first-order valence-corrected chi connectivity index (χ1v) is 13.6. The lowest BCUT2D eigenvalue weighted by Crippen LogP contribution is -2.41. The molecule has 3 rings (SSSR count). The maximum absolute atomic E-state index is 12.7. The number of carbonyl (C=O) groups is 1. The van der Waals surface area contributed by atoms with Crippen molar-refractivity contribution in [2.24, 2.45) is 4.58 Å². The molecule has 1 aliphatic carbocycles. The van der Waals surface area contributed by atoms with E-state index in [1.54, 1.807) is 18.2 Å². The summed E-state index contributed by atoms with van der Waals surface area (Å²) in [5, 5.41) is 4.45. The van der Waals surface area contributed by atoms with Crippen LogP contribution in [-0.4, -0.2) is 40.7 Å². The van der Waals surface area contributed by atoms with Crippen LogP contribution in [-0.2, 0) is 11.2 Å². The Hall–Kier alpha value is -1.25. The average molecular weight is 527 g/mol. The summed E-state index contributed by atoms with van der Waals surface area (Å²) in [5.74, 6) is 0.705. The number of rotatable bonds is 11. The first-order chi connectivity index (χ1) is 15.9. The molecule has 33 heavy (non-hydrogen) atoms. The summed E-state index contributed by atoms with van der Waals surface area (Å²) in [5.41, 5.74) is 2.35. The van der Waals surface area contributed by atoms with Crippen LogP contribution < -0.4 is 5.32 Å². The summed E-state index contributed by atoms with van der Waals surface area (Å²) in [6, 6.07) is 13.0. The Labute approximate surface area is 214 Å². The zero-order valence-electron chi connectivity index (χ0n) is 18.7. The normalized spacial score (nSPS) is 15.4. The van der Waals surface area contributed by atoms with Crippen LogP contribution in [0.1, 0.15) is 37.7 Å². The number of halogens is 2. The summed E-state index contributed by atoms with van der Waals surface area (Å²) in [4.78, 5) is 25.9. The number of hydrogen-bond donors (Lipinski definition) is 1. The van der Waals surface area contributed by atoms with Crippen LogP contribution in [0.2, 0.25) is 10.0 Å². The maximum Gasteiger partial charge on any atom is 0.193 e. The van der Waals surface area contributed by atoms with Crippen molar-refractivity contribution in [2.75, 3.05) is 31.2 Å². The second-order valence-corrected chi connectivity index (χ2v) is 11.6. The van der Waals surface area contributed by atoms with E-state index in [1.807, 2.05) is 24.3 Å². The van der Waals surface area contributed by atoms with E-state index in [9.17, 15) is 9.70 Å². The minimum Gasteiger partial charge on any atom is -0.353 e. The van der Waals surface area contributed by atoms with Gasteiger partial charge in [-0.05, 0) is 43.7 Å². The molecule has 0 saturated heterocycles. The molecule has 0 spiro atoms. The number of hydrogen-bond acceptors (Lipinski definition) is 7. The molecule has 1 aliphatic rings. The third-order valence-corrected chi connectivity index (χ3v) is 8.35. The first-order valence-electron chi connectivity index (χ1n) is 11.1. The summed E-state index contributed by atoms with van der Waals surface area (Å²) in [6.07, 6.45) is 5.90. The molecule has 0 aliphatic heterocycles. The highest BCUT2D eigenvalue weighted by molar-refractivity contribution is 8.13. The highest BCUT2D eigenvalue weighted by atomic mass is 35.5. The van der Waals surface area contributed by atoms with E-state index >= 15 is 0 Å². The standard InChI is InChI=1S/C24H29Cl2N3O2S2/c1-29(17-24(33-28-31)12-5-2-6-13-24)14-15-32-22(30)16-18-8-3-4-11-21(18)27-23-19(25)9-7-10-20(23)26/h3-4,7-11,27H,2,5-6,12-17H2,1H3. The van der Waals surface area contributed by atoms with Gasteiger partial charge in [-0.25, -0.2) is 0 Å². The fourth-order valence-corrected chi connectivity index (χ4v) is 6.48. The predicted molar refractivity (Wildman–Crippen MR) is 144 cm³/mol. The van der Waals surface area contributed by atoms with Gasteiger partial charge in [-0.1, -0.05) is 78.5 Å². The quantitative estimate of drug-likeness (QED) is 0.240. The number of benzene rings is 2. The summed E-state index contributed by atoms with van der Waals surface area (Å²) in [6.45, 7) is 1.61. The number of anilines is 2. The van der Waals surface area contributed by atoms with Crippen LogP contribution in [0.25, 0.3) is 0 Å². The Kier molecular flexibility index (Phi) is 10.4. The molecule has 1 fully saturated rings. The van der Waals surface area contributed by atoms with E-state index in [4.69, 9.17) is 23.2 Å². The second-order valence-electron chi connectivity index (χ2n) is 8.42. The first kappa shape index (κ1) is 26.4. The number of para-hydroxylation sites is 2. The van der Waals surface area contributed by atoms with Crippen molar-refractivity contribution in [1.29, 1.82) is 0 Å². The monoisotopic (exact) mass is 525 g/mol. The van der Waals surface area contributed by atoms with Crippen molar-refractivity contribution >= 4 is 63.4 Å². The fourth-order valence-electron chi connectivity index (χ4n) is 4.19. The molecule has 0 amide bonds. The number of nitroso groups, excluding NO2 is 1. The van der Waals surface area contributed by atoms with Gasteiger partial charge in [-0.3, -0.25) is 4.79 Å². The van der Waals surface area contributed by atoms with Crippen LogP contribution >= 0.6 is 46.9 Å². The molecule has 178 valence electrons. The number of carbonyl (C=O) groups excluding carboxylic acids is 1. The third kappa shape index (κ3) is 7.89. The van der Waals surface area contributed by atoms with Gasteiger partial charge in [0.05, 0.1) is 20.5 Å². The Morgan fingerprint density at radius 1 is 1.09 bits per heavy atom. The van der Waals surface area contributed by atoms with Crippen LogP contribution in [0, 0.1) is 4.91 Å². The van der Waals surface area contributed by atoms with Crippen molar-refractivity contribution in [2.45, 2.75) is 43.3 Å². The van der Waals surface area contributed by atoms with E-state index in [0.29, 0.717) is 27.9 Å². The lowest BCUT2D eigenvalue weighted by Gasteiger charge is -2.37. The zero-order valence-corrected chi connectivity index (χ0v) is 21.8. The Balaban J connectivity index is 1.51. The molecule has 0 heterocycles. The molecule has 0 atom stereocenters. The Bertz CT molecular complexity index is 935. The van der Waals surface area contributed by atoms with E-state index < -0.39 is 0 Å². The number of nitrogens with zero attached hydrogens (tertiary/aromatic N) is 2. The van der Waals surface area contributed by atoms with Gasteiger partial charge < -0.3 is 10.2 Å². The molecule has 1 N–H and O–H groups in total. The van der Waals surface area contributed by atoms with Crippen molar-refractivity contribution in [1.82, 2.24) is 4.90 Å². The molecule has 0 bridgehead atoms. The van der Waals surface area contributed by atoms with Gasteiger partial charge in [0.25, 0.3) is 0 Å². The van der Waals surface area contributed by atoms with Crippen LogP contribution in [0.4, 0.5) is 11.4 Å². The van der Waals surface area contributed by atoms with Crippen LogP contribution in [0.15, 0.2) is 47.0 Å². The predicted octanol–water partition coefficient (Wildman–Crippen LogP) is 7.59. The van der Waals surface area contributed by atoms with Gasteiger partial charge in [-0.2, -0.15) is 0 Å². The highest BCUT2D eigenvalue weighted by Gasteiger charge is 2.35. The molecule has 2 aromatic carbocycles. The van der Waals surface area contributed by atoms with Crippen LogP contribution in [0.5, 0.6) is 0 Å². The molecule has 0 aromatic heterocycles. The second kappa shape index (κ2) is 13.0. The molecule has 0 unspecified atom stereocenters. The topological polar surface area (TPSA) is 61.8 Å². The molecule has 2 aromatic rings. The fraction of sp³-hybridized carbons (Fsp3) is 0.458. The lowest BCUT2D eigenvalue weighted by molar-refractivity contribution is -0.110. The Morgan fingerprint density at radius 3 is 2.48 bits per heavy atom. The van der Waals surface area contributed by atoms with Gasteiger partial charge in [0.1, 0.15) is 0 Å². The smallest absolute Gasteiger partial charge is 0.193 e. The Morgan fingerprint density at radius 2 is 1.79 bits per heavy atom. The SMILES string of the molecule is CN(CCSC(=O)Cc1ccccc1Nc1c(Cl)cccc1Cl)CC1(SN=O)CCCCC1. The molecule has 9 heteroatoms.